The van der Waals surface area contributed by atoms with Crippen LogP contribution in [0.3, 0.4) is 0 Å². The largest absolute Gasteiger partial charge is 1.00 e. The highest BCUT2D eigenvalue weighted by Gasteiger charge is 2.43. The minimum atomic E-state index is -0.819. The predicted octanol–water partition coefficient (Wildman–Crippen LogP) is 0.367. The van der Waals surface area contributed by atoms with E-state index in [2.05, 4.69) is 5.32 Å². The van der Waals surface area contributed by atoms with Gasteiger partial charge in [0.15, 0.2) is 6.20 Å². The van der Waals surface area contributed by atoms with Crippen molar-refractivity contribution in [3.05, 3.63) is 83.6 Å². The van der Waals surface area contributed by atoms with Crippen molar-refractivity contribution in [2.24, 2.45) is 0 Å². The van der Waals surface area contributed by atoms with Gasteiger partial charge in [-0.3, -0.25) is 14.5 Å². The van der Waals surface area contributed by atoms with Gasteiger partial charge in [-0.15, -0.1) is 0 Å². The minimum Gasteiger partial charge on any atom is -1.00 e. The number of aromatic nitrogens is 1. The Morgan fingerprint density at radius 1 is 1.10 bits per heavy atom. The lowest BCUT2D eigenvalue weighted by Gasteiger charge is -2.32. The van der Waals surface area contributed by atoms with E-state index in [9.17, 15) is 9.59 Å². The normalized spacial score (nSPS) is 15.1. The third-order valence-electron chi connectivity index (χ3n) is 4.80. The first-order valence-electron chi connectivity index (χ1n) is 9.08. The van der Waals surface area contributed by atoms with Gasteiger partial charge in [0, 0.05) is 28.5 Å². The topological polar surface area (TPSA) is 62.5 Å². The van der Waals surface area contributed by atoms with Gasteiger partial charge in [-0.2, -0.15) is 4.57 Å². The van der Waals surface area contributed by atoms with Gasteiger partial charge in [-0.1, -0.05) is 17.7 Å². The van der Waals surface area contributed by atoms with Crippen molar-refractivity contribution in [3.63, 3.8) is 0 Å². The summed E-state index contributed by atoms with van der Waals surface area (Å²) in [7, 11) is 1.58. The number of hydrogen-bond acceptors (Lipinski definition) is 3. The zero-order valence-corrected chi connectivity index (χ0v) is 19.0. The van der Waals surface area contributed by atoms with Crippen LogP contribution in [0, 0.1) is 0 Å². The Morgan fingerprint density at radius 2 is 1.80 bits per heavy atom. The van der Waals surface area contributed by atoms with Crippen molar-refractivity contribution in [1.82, 2.24) is 0 Å². The summed E-state index contributed by atoms with van der Waals surface area (Å²) in [6.07, 6.45) is 1.81. The van der Waals surface area contributed by atoms with E-state index in [0.29, 0.717) is 22.1 Å². The Labute approximate surface area is 196 Å². The van der Waals surface area contributed by atoms with Crippen LogP contribution in [0.2, 0.25) is 5.02 Å². The third kappa shape index (κ3) is 4.41. The molecule has 154 valence electrons. The number of nitrogens with zero attached hydrogens (tertiary/aromatic N) is 2. The molecule has 2 heterocycles. The van der Waals surface area contributed by atoms with Crippen molar-refractivity contribution in [1.29, 1.82) is 0 Å². The number of hydrogen-bond donors (Lipinski definition) is 1. The molecule has 2 aromatic carbocycles. The van der Waals surface area contributed by atoms with E-state index in [1.165, 1.54) is 4.90 Å². The second-order valence-corrected chi connectivity index (χ2v) is 7.05. The maximum atomic E-state index is 13.3. The average molecular weight is 536 g/mol. The zero-order valence-electron chi connectivity index (χ0n) is 16.1. The molecule has 1 aromatic heterocycles. The Bertz CT molecular complexity index is 1060. The molecule has 30 heavy (non-hydrogen) atoms. The van der Waals surface area contributed by atoms with E-state index >= 15 is 0 Å². The van der Waals surface area contributed by atoms with Crippen molar-refractivity contribution in [3.8, 4) is 5.75 Å². The highest BCUT2D eigenvalue weighted by molar-refractivity contribution is 6.30. The van der Waals surface area contributed by atoms with Crippen LogP contribution < -0.4 is 43.5 Å². The first kappa shape index (κ1) is 22.0. The molecule has 0 fully saturated rings. The van der Waals surface area contributed by atoms with Gasteiger partial charge in [0.05, 0.1) is 7.11 Å². The third-order valence-corrected chi connectivity index (χ3v) is 5.05. The maximum absolute atomic E-state index is 13.3. The van der Waals surface area contributed by atoms with E-state index in [-0.39, 0.29) is 42.3 Å². The fourth-order valence-electron chi connectivity index (χ4n) is 3.41. The number of carbonyl (C=O) groups excluding carboxylic acids is 2. The van der Waals surface area contributed by atoms with E-state index in [1.54, 1.807) is 66.4 Å². The van der Waals surface area contributed by atoms with Crippen LogP contribution in [-0.4, -0.2) is 18.9 Å². The van der Waals surface area contributed by atoms with Crippen molar-refractivity contribution >= 4 is 34.8 Å². The summed E-state index contributed by atoms with van der Waals surface area (Å²) in [5.41, 5.74) is 1.96. The first-order chi connectivity index (χ1) is 14.1. The molecule has 1 N–H and O–H groups in total. The molecule has 4 rings (SSSR count). The standard InChI is InChI=1S/C22H18ClN3O3.HI/c1-29-18-11-7-16(8-12-18)24-22(28)21-19-4-2-3-13-25(19)14-20(27)26(21)17-9-5-15(23)6-10-17;/h2-13,21H,14H2,1H3;1H. The number of benzene rings is 2. The number of pyridine rings is 1. The summed E-state index contributed by atoms with van der Waals surface area (Å²) >= 11 is 6.00. The fourth-order valence-corrected chi connectivity index (χ4v) is 3.54. The van der Waals surface area contributed by atoms with Crippen LogP contribution in [0.15, 0.2) is 72.9 Å². The molecule has 6 nitrogen and oxygen atoms in total. The second-order valence-electron chi connectivity index (χ2n) is 6.61. The van der Waals surface area contributed by atoms with E-state index < -0.39 is 6.04 Å². The number of amides is 2. The minimum absolute atomic E-state index is 0. The molecular formula is C22H19ClIN3O3. The number of ether oxygens (including phenoxy) is 1. The Morgan fingerprint density at radius 3 is 2.47 bits per heavy atom. The molecule has 1 atom stereocenters. The first-order valence-corrected chi connectivity index (χ1v) is 9.45. The highest BCUT2D eigenvalue weighted by atomic mass is 127. The van der Waals surface area contributed by atoms with Crippen LogP contribution >= 0.6 is 11.6 Å². The van der Waals surface area contributed by atoms with Gasteiger partial charge >= 0.3 is 0 Å². The highest BCUT2D eigenvalue weighted by Crippen LogP contribution is 2.31. The van der Waals surface area contributed by atoms with Gasteiger partial charge in [-0.25, -0.2) is 0 Å². The lowest BCUT2D eigenvalue weighted by atomic mass is 10.0. The number of halogens is 2. The predicted molar refractivity (Wildman–Crippen MR) is 110 cm³/mol. The zero-order chi connectivity index (χ0) is 20.4. The second kappa shape index (κ2) is 9.44. The molecule has 2 amide bonds. The maximum Gasteiger partial charge on any atom is 0.294 e. The summed E-state index contributed by atoms with van der Waals surface area (Å²) in [5.74, 6) is 0.212. The summed E-state index contributed by atoms with van der Waals surface area (Å²) in [4.78, 5) is 27.8. The smallest absolute Gasteiger partial charge is 0.294 e. The molecular weight excluding hydrogens is 517 g/mol. The molecule has 0 aliphatic carbocycles. The van der Waals surface area contributed by atoms with Crippen LogP contribution in [0.5, 0.6) is 5.75 Å². The van der Waals surface area contributed by atoms with E-state index in [1.807, 2.05) is 18.2 Å². The molecule has 0 bridgehead atoms. The quantitative estimate of drug-likeness (QED) is 0.388. The van der Waals surface area contributed by atoms with Gasteiger partial charge in [0.25, 0.3) is 11.8 Å². The summed E-state index contributed by atoms with van der Waals surface area (Å²) in [6, 6.07) is 18.7. The fraction of sp³-hybridized carbons (Fsp3) is 0.136. The molecule has 3 aromatic rings. The SMILES string of the molecule is COc1ccc(NC(=O)C2c3cccc[n+]3CC(=O)N2c2ccc(Cl)cc2)cc1.[I-]. The van der Waals surface area contributed by atoms with E-state index in [0.717, 1.165) is 5.69 Å². The van der Waals surface area contributed by atoms with Crippen molar-refractivity contribution in [2.45, 2.75) is 12.6 Å². The Hall–Kier alpha value is -2.65. The van der Waals surface area contributed by atoms with Gasteiger partial charge < -0.3 is 34.0 Å². The molecule has 1 unspecified atom stereocenters. The summed E-state index contributed by atoms with van der Waals surface area (Å²) < 4.78 is 6.95. The van der Waals surface area contributed by atoms with Crippen LogP contribution in [-0.2, 0) is 16.1 Å². The monoisotopic (exact) mass is 535 g/mol. The van der Waals surface area contributed by atoms with Crippen molar-refractivity contribution in [2.75, 3.05) is 17.3 Å². The molecule has 0 saturated carbocycles. The lowest BCUT2D eigenvalue weighted by molar-refractivity contribution is -0.695. The molecule has 1 aliphatic rings. The lowest BCUT2D eigenvalue weighted by Crippen LogP contribution is -3.00. The van der Waals surface area contributed by atoms with Gasteiger partial charge in [0.2, 0.25) is 18.3 Å². The number of anilines is 2. The molecule has 0 spiro atoms. The van der Waals surface area contributed by atoms with Gasteiger partial charge in [0.1, 0.15) is 5.75 Å². The van der Waals surface area contributed by atoms with Crippen LogP contribution in [0.1, 0.15) is 11.7 Å². The molecule has 0 radical (unpaired) electrons. The summed E-state index contributed by atoms with van der Waals surface area (Å²) in [6.45, 7) is 0.158. The molecule has 0 saturated heterocycles. The summed E-state index contributed by atoms with van der Waals surface area (Å²) in [5, 5.41) is 3.47. The Kier molecular flexibility index (Phi) is 6.94. The molecule has 8 heteroatoms. The number of carbonyl (C=O) groups is 2. The van der Waals surface area contributed by atoms with Crippen LogP contribution in [0.4, 0.5) is 11.4 Å². The van der Waals surface area contributed by atoms with Crippen LogP contribution in [0.25, 0.3) is 0 Å². The average Bonchev–Trinajstić information content (AvgIpc) is 2.74. The number of rotatable bonds is 4. The van der Waals surface area contributed by atoms with Gasteiger partial charge in [-0.05, 0) is 48.5 Å². The van der Waals surface area contributed by atoms with Crippen molar-refractivity contribution < 1.29 is 42.9 Å². The number of methoxy groups -OCH3 is 1. The number of nitrogens with one attached hydrogen (secondary N) is 1. The Balaban J connectivity index is 0.00000256. The molecule has 1 aliphatic heterocycles. The number of fused-ring (bicyclic) bond motifs is 1. The van der Waals surface area contributed by atoms with E-state index in [4.69, 9.17) is 16.3 Å².